The van der Waals surface area contributed by atoms with Crippen molar-refractivity contribution >= 4 is 35.6 Å². The topological polar surface area (TPSA) is 75.8 Å². The molecule has 30 heavy (non-hydrogen) atoms. The quantitative estimate of drug-likeness (QED) is 0.201. The van der Waals surface area contributed by atoms with E-state index >= 15 is 0 Å². The standard InChI is InChI=1S/C22H36N6O.HI/c1-3-23-22(25-16-14-19(29-4-2)18-10-5-6-11-18)24-15-9-13-21-27-26-20-12-7-8-17-28(20)21;/h7-8,12,17-19H,3-6,9-11,13-16H2,1-2H3,(H2,23,24,25);1H. The van der Waals surface area contributed by atoms with E-state index in [9.17, 15) is 0 Å². The van der Waals surface area contributed by atoms with Crippen LogP contribution in [-0.4, -0.2) is 52.9 Å². The molecule has 2 N–H and O–H groups in total. The maximum Gasteiger partial charge on any atom is 0.191 e. The number of nitrogens with zero attached hydrogens (tertiary/aromatic N) is 4. The van der Waals surface area contributed by atoms with Gasteiger partial charge in [0.15, 0.2) is 11.6 Å². The van der Waals surface area contributed by atoms with Gasteiger partial charge in [0.05, 0.1) is 6.10 Å². The third-order valence-corrected chi connectivity index (χ3v) is 5.58. The Bertz CT molecular complexity index is 759. The Morgan fingerprint density at radius 3 is 2.83 bits per heavy atom. The van der Waals surface area contributed by atoms with E-state index in [0.29, 0.717) is 6.10 Å². The molecule has 0 amide bonds. The third-order valence-electron chi connectivity index (χ3n) is 5.58. The first-order chi connectivity index (χ1) is 14.3. The molecule has 1 saturated carbocycles. The summed E-state index contributed by atoms with van der Waals surface area (Å²) in [6, 6.07) is 5.96. The van der Waals surface area contributed by atoms with Crippen LogP contribution in [0.1, 0.15) is 58.2 Å². The lowest BCUT2D eigenvalue weighted by atomic mass is 9.98. The maximum atomic E-state index is 6.03. The number of hydrogen-bond acceptors (Lipinski definition) is 4. The second kappa shape index (κ2) is 13.8. The van der Waals surface area contributed by atoms with Gasteiger partial charge in [0.2, 0.25) is 0 Å². The molecule has 1 atom stereocenters. The minimum atomic E-state index is 0. The van der Waals surface area contributed by atoms with Crippen molar-refractivity contribution in [2.24, 2.45) is 10.9 Å². The van der Waals surface area contributed by atoms with Crippen LogP contribution in [0.3, 0.4) is 0 Å². The summed E-state index contributed by atoms with van der Waals surface area (Å²) in [7, 11) is 0. The van der Waals surface area contributed by atoms with Crippen LogP contribution in [0.25, 0.3) is 5.65 Å². The molecule has 8 heteroatoms. The number of halogens is 1. The number of aryl methyl sites for hydroxylation is 1. The fourth-order valence-corrected chi connectivity index (χ4v) is 4.16. The Morgan fingerprint density at radius 1 is 1.23 bits per heavy atom. The van der Waals surface area contributed by atoms with Crippen LogP contribution in [-0.2, 0) is 11.2 Å². The van der Waals surface area contributed by atoms with Crippen molar-refractivity contribution in [3.63, 3.8) is 0 Å². The fourth-order valence-electron chi connectivity index (χ4n) is 4.16. The minimum absolute atomic E-state index is 0. The molecule has 1 unspecified atom stereocenters. The van der Waals surface area contributed by atoms with Gasteiger partial charge in [0.1, 0.15) is 5.82 Å². The molecule has 3 rings (SSSR count). The molecule has 0 spiro atoms. The highest BCUT2D eigenvalue weighted by Crippen LogP contribution is 2.30. The number of hydrogen-bond donors (Lipinski definition) is 2. The number of ether oxygens (including phenoxy) is 1. The van der Waals surface area contributed by atoms with Crippen LogP contribution in [0, 0.1) is 5.92 Å². The predicted molar refractivity (Wildman–Crippen MR) is 133 cm³/mol. The lowest BCUT2D eigenvalue weighted by Gasteiger charge is -2.24. The summed E-state index contributed by atoms with van der Waals surface area (Å²) in [5.74, 6) is 2.61. The van der Waals surface area contributed by atoms with Gasteiger partial charge in [-0.2, -0.15) is 0 Å². The molecule has 168 valence electrons. The molecule has 0 bridgehead atoms. The van der Waals surface area contributed by atoms with Gasteiger partial charge in [0, 0.05) is 38.9 Å². The second-order valence-corrected chi connectivity index (χ2v) is 7.66. The first-order valence-electron chi connectivity index (χ1n) is 11.2. The first kappa shape index (κ1) is 24.8. The number of pyridine rings is 1. The predicted octanol–water partition coefficient (Wildman–Crippen LogP) is 3.82. The Morgan fingerprint density at radius 2 is 2.07 bits per heavy atom. The zero-order valence-electron chi connectivity index (χ0n) is 18.3. The first-order valence-corrected chi connectivity index (χ1v) is 11.2. The number of aromatic nitrogens is 3. The van der Waals surface area contributed by atoms with Gasteiger partial charge in [-0.1, -0.05) is 18.9 Å². The zero-order chi connectivity index (χ0) is 20.3. The normalized spacial score (nSPS) is 15.9. The van der Waals surface area contributed by atoms with E-state index in [1.54, 1.807) is 0 Å². The van der Waals surface area contributed by atoms with Crippen molar-refractivity contribution in [2.45, 2.75) is 64.9 Å². The Kier molecular flexibility index (Phi) is 11.4. The highest BCUT2D eigenvalue weighted by Gasteiger charge is 2.25. The molecule has 2 aromatic rings. The van der Waals surface area contributed by atoms with Crippen LogP contribution in [0.5, 0.6) is 0 Å². The minimum Gasteiger partial charge on any atom is -0.378 e. The fraction of sp³-hybridized carbons (Fsp3) is 0.682. The highest BCUT2D eigenvalue weighted by molar-refractivity contribution is 14.0. The largest absolute Gasteiger partial charge is 0.378 e. The summed E-state index contributed by atoms with van der Waals surface area (Å²) in [5.41, 5.74) is 0.895. The van der Waals surface area contributed by atoms with Crippen LogP contribution in [0.4, 0.5) is 0 Å². The number of guanidine groups is 1. The summed E-state index contributed by atoms with van der Waals surface area (Å²) >= 11 is 0. The maximum absolute atomic E-state index is 6.03. The summed E-state index contributed by atoms with van der Waals surface area (Å²) in [6.07, 6.45) is 10.6. The van der Waals surface area contributed by atoms with Gasteiger partial charge in [-0.3, -0.25) is 9.39 Å². The molecule has 0 aromatic carbocycles. The van der Waals surface area contributed by atoms with Crippen molar-refractivity contribution in [3.8, 4) is 0 Å². The van der Waals surface area contributed by atoms with Gasteiger partial charge < -0.3 is 15.4 Å². The van der Waals surface area contributed by atoms with E-state index < -0.39 is 0 Å². The Labute approximate surface area is 197 Å². The summed E-state index contributed by atoms with van der Waals surface area (Å²) in [4.78, 5) is 4.73. The van der Waals surface area contributed by atoms with Gasteiger partial charge >= 0.3 is 0 Å². The molecular weight excluding hydrogens is 491 g/mol. The van der Waals surface area contributed by atoms with E-state index in [2.05, 4.69) is 34.7 Å². The molecule has 0 saturated heterocycles. The van der Waals surface area contributed by atoms with E-state index in [-0.39, 0.29) is 24.0 Å². The van der Waals surface area contributed by atoms with E-state index in [1.807, 2.05) is 28.8 Å². The highest BCUT2D eigenvalue weighted by atomic mass is 127. The molecule has 2 aromatic heterocycles. The van der Waals surface area contributed by atoms with E-state index in [4.69, 9.17) is 9.73 Å². The number of fused-ring (bicyclic) bond motifs is 1. The van der Waals surface area contributed by atoms with Crippen molar-refractivity contribution in [1.29, 1.82) is 0 Å². The van der Waals surface area contributed by atoms with Gasteiger partial charge in [0.25, 0.3) is 0 Å². The number of nitrogens with one attached hydrogen (secondary N) is 2. The van der Waals surface area contributed by atoms with Gasteiger partial charge in [-0.05, 0) is 57.6 Å². The monoisotopic (exact) mass is 528 g/mol. The summed E-state index contributed by atoms with van der Waals surface area (Å²) in [6.45, 7) is 7.50. The molecule has 7 nitrogen and oxygen atoms in total. The molecule has 1 aliphatic rings. The number of rotatable bonds is 11. The van der Waals surface area contributed by atoms with E-state index in [0.717, 1.165) is 68.9 Å². The van der Waals surface area contributed by atoms with Gasteiger partial charge in [-0.25, -0.2) is 0 Å². The zero-order valence-corrected chi connectivity index (χ0v) is 20.7. The summed E-state index contributed by atoms with van der Waals surface area (Å²) in [5, 5.41) is 15.3. The van der Waals surface area contributed by atoms with Crippen LogP contribution < -0.4 is 10.6 Å². The van der Waals surface area contributed by atoms with Crippen molar-refractivity contribution in [1.82, 2.24) is 25.2 Å². The number of aliphatic imine (C=N–C) groups is 1. The molecule has 1 fully saturated rings. The van der Waals surface area contributed by atoms with Crippen molar-refractivity contribution in [2.75, 3.05) is 26.2 Å². The summed E-state index contributed by atoms with van der Waals surface area (Å²) < 4.78 is 8.07. The molecule has 0 aliphatic heterocycles. The van der Waals surface area contributed by atoms with Crippen LogP contribution in [0.15, 0.2) is 29.4 Å². The molecule has 1 aliphatic carbocycles. The lowest BCUT2D eigenvalue weighted by Crippen LogP contribution is -2.39. The molecular formula is C22H37IN6O. The lowest BCUT2D eigenvalue weighted by molar-refractivity contribution is 0.0169. The second-order valence-electron chi connectivity index (χ2n) is 7.66. The average molecular weight is 528 g/mol. The SMILES string of the molecule is CCNC(=NCCCc1nnc2ccccn12)NCCC(OCC)C1CCCC1.I. The Balaban J connectivity index is 0.00000320. The average Bonchev–Trinajstić information content (AvgIpc) is 3.41. The Hall–Kier alpha value is -1.42. The molecule has 2 heterocycles. The smallest absolute Gasteiger partial charge is 0.191 e. The van der Waals surface area contributed by atoms with Crippen molar-refractivity contribution in [3.05, 3.63) is 30.2 Å². The molecule has 0 radical (unpaired) electrons. The third kappa shape index (κ3) is 7.37. The van der Waals surface area contributed by atoms with Gasteiger partial charge in [-0.15, -0.1) is 34.2 Å². The van der Waals surface area contributed by atoms with Crippen LogP contribution >= 0.6 is 24.0 Å². The van der Waals surface area contributed by atoms with Crippen LogP contribution in [0.2, 0.25) is 0 Å². The van der Waals surface area contributed by atoms with E-state index in [1.165, 1.54) is 25.7 Å². The van der Waals surface area contributed by atoms with Crippen molar-refractivity contribution < 1.29 is 4.74 Å².